The zero-order valence-electron chi connectivity index (χ0n) is 13.4. The second kappa shape index (κ2) is 4.32. The van der Waals surface area contributed by atoms with Crippen LogP contribution in [0.15, 0.2) is 36.4 Å². The Labute approximate surface area is 144 Å². The minimum absolute atomic E-state index is 0.142. The predicted molar refractivity (Wildman–Crippen MR) is 98.3 cm³/mol. The number of halogens is 1. The zero-order chi connectivity index (χ0) is 15.8. The van der Waals surface area contributed by atoms with E-state index >= 15 is 0 Å². The van der Waals surface area contributed by atoms with Crippen molar-refractivity contribution in [2.75, 3.05) is 5.33 Å². The molecule has 23 heavy (non-hydrogen) atoms. The van der Waals surface area contributed by atoms with E-state index in [4.69, 9.17) is 9.97 Å². The maximum absolute atomic E-state index is 5.12. The molecule has 0 unspecified atom stereocenters. The van der Waals surface area contributed by atoms with Gasteiger partial charge in [0.1, 0.15) is 0 Å². The number of hydrogen-bond donors (Lipinski definition) is 0. The van der Waals surface area contributed by atoms with Gasteiger partial charge in [0.05, 0.1) is 22.4 Å². The first-order valence-electron chi connectivity index (χ1n) is 8.34. The minimum atomic E-state index is 0.142. The zero-order valence-corrected chi connectivity index (χ0v) is 15.0. The molecule has 2 nitrogen and oxygen atoms in total. The van der Waals surface area contributed by atoms with Crippen LogP contribution in [-0.2, 0) is 5.41 Å². The molecule has 2 aromatic carbocycles. The fourth-order valence-corrected chi connectivity index (χ4v) is 5.90. The Kier molecular flexibility index (Phi) is 2.62. The highest BCUT2D eigenvalue weighted by atomic mass is 79.9. The molecule has 2 aliphatic rings. The first-order chi connectivity index (χ1) is 11.1. The molecule has 1 fully saturated rings. The largest absolute Gasteiger partial charge is 0.249 e. The number of fused-ring (bicyclic) bond motifs is 7. The summed E-state index contributed by atoms with van der Waals surface area (Å²) < 4.78 is 0. The molecule has 1 heterocycles. The van der Waals surface area contributed by atoms with E-state index in [-0.39, 0.29) is 10.8 Å². The Morgan fingerprint density at radius 2 is 1.74 bits per heavy atom. The van der Waals surface area contributed by atoms with Gasteiger partial charge in [-0.25, -0.2) is 9.97 Å². The van der Waals surface area contributed by atoms with Gasteiger partial charge in [0.25, 0.3) is 0 Å². The van der Waals surface area contributed by atoms with Crippen molar-refractivity contribution in [2.24, 2.45) is 5.41 Å². The molecule has 0 radical (unpaired) electrons. The highest BCUT2D eigenvalue weighted by molar-refractivity contribution is 9.09. The molecule has 1 saturated carbocycles. The number of aromatic nitrogens is 2. The van der Waals surface area contributed by atoms with E-state index < -0.39 is 0 Å². The van der Waals surface area contributed by atoms with Crippen molar-refractivity contribution >= 4 is 37.7 Å². The fraction of sp³-hybridized carbons (Fsp3) is 0.400. The lowest BCUT2D eigenvalue weighted by atomic mass is 9.70. The van der Waals surface area contributed by atoms with Gasteiger partial charge in [-0.15, -0.1) is 0 Å². The van der Waals surface area contributed by atoms with E-state index in [1.54, 1.807) is 0 Å². The van der Waals surface area contributed by atoms with Crippen LogP contribution in [0, 0.1) is 5.41 Å². The summed E-state index contributed by atoms with van der Waals surface area (Å²) in [7, 11) is 0. The van der Waals surface area contributed by atoms with Gasteiger partial charge in [0.2, 0.25) is 0 Å². The van der Waals surface area contributed by atoms with Crippen LogP contribution in [0.2, 0.25) is 0 Å². The van der Waals surface area contributed by atoms with Crippen molar-refractivity contribution < 1.29 is 0 Å². The Hall–Kier alpha value is -1.48. The van der Waals surface area contributed by atoms with Crippen molar-refractivity contribution in [3.8, 4) is 0 Å². The maximum Gasteiger partial charge on any atom is 0.0897 e. The van der Waals surface area contributed by atoms with Crippen LogP contribution in [0.25, 0.3) is 21.8 Å². The van der Waals surface area contributed by atoms with Crippen molar-refractivity contribution in [1.82, 2.24) is 9.97 Å². The summed E-state index contributed by atoms with van der Waals surface area (Å²) in [6.07, 6.45) is 2.46. The highest BCUT2D eigenvalue weighted by Gasteiger charge is 2.63. The average Bonchev–Trinajstić information content (AvgIpc) is 2.93. The molecule has 0 spiro atoms. The SMILES string of the molecule is C[C@]12CC[C@@H](c3nc4cc5ccccc5cc4nc31)[C@@]2(C)CBr. The number of nitrogens with zero attached hydrogens (tertiary/aromatic N) is 2. The molecular formula is C20H19BrN2. The lowest BCUT2D eigenvalue weighted by Gasteiger charge is -2.36. The number of alkyl halides is 1. The van der Waals surface area contributed by atoms with Crippen LogP contribution in [0.5, 0.6) is 0 Å². The van der Waals surface area contributed by atoms with Crippen molar-refractivity contribution in [3.63, 3.8) is 0 Å². The molecule has 3 heteroatoms. The third-order valence-electron chi connectivity index (χ3n) is 6.65. The van der Waals surface area contributed by atoms with E-state index in [0.717, 1.165) is 16.4 Å². The molecule has 0 aliphatic heterocycles. The van der Waals surface area contributed by atoms with Gasteiger partial charge in [0.15, 0.2) is 0 Å². The normalized spacial score (nSPS) is 31.9. The van der Waals surface area contributed by atoms with Gasteiger partial charge in [-0.1, -0.05) is 54.0 Å². The lowest BCUT2D eigenvalue weighted by Crippen LogP contribution is -2.36. The van der Waals surface area contributed by atoms with Gasteiger partial charge >= 0.3 is 0 Å². The van der Waals surface area contributed by atoms with E-state index in [2.05, 4.69) is 66.2 Å². The number of rotatable bonds is 1. The maximum atomic E-state index is 5.12. The molecule has 3 atom stereocenters. The smallest absolute Gasteiger partial charge is 0.0897 e. The average molecular weight is 367 g/mol. The molecule has 2 aliphatic carbocycles. The van der Waals surface area contributed by atoms with Crippen molar-refractivity contribution in [3.05, 3.63) is 47.8 Å². The van der Waals surface area contributed by atoms with E-state index in [1.165, 1.54) is 35.0 Å². The summed E-state index contributed by atoms with van der Waals surface area (Å²) in [6, 6.07) is 12.9. The van der Waals surface area contributed by atoms with Crippen LogP contribution in [0.1, 0.15) is 44.0 Å². The van der Waals surface area contributed by atoms with Gasteiger partial charge in [-0.05, 0) is 41.2 Å². The monoisotopic (exact) mass is 366 g/mol. The molecular weight excluding hydrogens is 348 g/mol. The molecule has 116 valence electrons. The third-order valence-corrected chi connectivity index (χ3v) is 7.82. The lowest BCUT2D eigenvalue weighted by molar-refractivity contribution is 0.236. The summed E-state index contributed by atoms with van der Waals surface area (Å²) in [5.41, 5.74) is 4.95. The fourth-order valence-electron chi connectivity index (χ4n) is 4.89. The van der Waals surface area contributed by atoms with Crippen LogP contribution >= 0.6 is 15.9 Å². The molecule has 0 N–H and O–H groups in total. The van der Waals surface area contributed by atoms with Crippen molar-refractivity contribution in [2.45, 2.75) is 38.0 Å². The third kappa shape index (κ3) is 1.54. The Bertz CT molecular complexity index is 966. The topological polar surface area (TPSA) is 25.8 Å². The second-order valence-electron chi connectivity index (χ2n) is 7.62. The molecule has 0 amide bonds. The summed E-state index contributed by atoms with van der Waals surface area (Å²) in [4.78, 5) is 10.2. The molecule has 3 aromatic rings. The summed E-state index contributed by atoms with van der Waals surface area (Å²) in [6.45, 7) is 4.80. The van der Waals surface area contributed by atoms with Gasteiger partial charge < -0.3 is 0 Å². The van der Waals surface area contributed by atoms with Crippen LogP contribution in [-0.4, -0.2) is 15.3 Å². The summed E-state index contributed by atoms with van der Waals surface area (Å²) >= 11 is 3.78. The van der Waals surface area contributed by atoms with E-state index in [9.17, 15) is 0 Å². The van der Waals surface area contributed by atoms with Crippen LogP contribution in [0.4, 0.5) is 0 Å². The van der Waals surface area contributed by atoms with Gasteiger partial charge in [-0.3, -0.25) is 0 Å². The predicted octanol–water partition coefficient (Wildman–Crippen LogP) is 5.33. The van der Waals surface area contributed by atoms with Crippen LogP contribution < -0.4 is 0 Å². The Morgan fingerprint density at radius 3 is 2.39 bits per heavy atom. The first-order valence-corrected chi connectivity index (χ1v) is 9.46. The molecule has 1 aromatic heterocycles. The van der Waals surface area contributed by atoms with Gasteiger partial charge in [0, 0.05) is 16.7 Å². The minimum Gasteiger partial charge on any atom is -0.249 e. The van der Waals surface area contributed by atoms with E-state index in [0.29, 0.717) is 5.92 Å². The standard InChI is InChI=1S/C20H19BrN2/c1-19-8-7-14(20(19,2)11-21)17-18(19)23-16-10-13-6-4-3-5-12(13)9-15(16)22-17/h3-6,9-10,14H,7-8,11H2,1-2H3/t14-,19-,20+/m0/s1. The highest BCUT2D eigenvalue weighted by Crippen LogP contribution is 2.67. The number of hydrogen-bond acceptors (Lipinski definition) is 2. The second-order valence-corrected chi connectivity index (χ2v) is 8.18. The summed E-state index contributed by atoms with van der Waals surface area (Å²) in [5.74, 6) is 0.533. The van der Waals surface area contributed by atoms with Crippen LogP contribution in [0.3, 0.4) is 0 Å². The van der Waals surface area contributed by atoms with Crippen molar-refractivity contribution in [1.29, 1.82) is 0 Å². The van der Waals surface area contributed by atoms with Gasteiger partial charge in [-0.2, -0.15) is 0 Å². The molecule has 2 bridgehead atoms. The Morgan fingerprint density at radius 1 is 1.09 bits per heavy atom. The quantitative estimate of drug-likeness (QED) is 0.429. The number of benzene rings is 2. The van der Waals surface area contributed by atoms with E-state index in [1.807, 2.05) is 0 Å². The first kappa shape index (κ1) is 13.9. The molecule has 0 saturated heterocycles. The summed E-state index contributed by atoms with van der Waals surface area (Å²) in [5, 5.41) is 3.50. The Balaban J connectivity index is 1.84. The molecule has 5 rings (SSSR count).